The van der Waals surface area contributed by atoms with Gasteiger partial charge < -0.3 is 15.8 Å². The Morgan fingerprint density at radius 3 is 2.40 bits per heavy atom. The molecule has 2 atom stereocenters. The summed E-state index contributed by atoms with van der Waals surface area (Å²) in [5.74, 6) is 2.26. The maximum absolute atomic E-state index is 12.4. The second-order valence-corrected chi connectivity index (χ2v) is 7.00. The molecular formula is C19H19N3O2S. The van der Waals surface area contributed by atoms with Gasteiger partial charge in [-0.05, 0) is 54.1 Å². The molecule has 2 aromatic carbocycles. The van der Waals surface area contributed by atoms with Gasteiger partial charge in [0.05, 0.1) is 11.6 Å². The highest BCUT2D eigenvalue weighted by molar-refractivity contribution is 8.00. The molecule has 1 aliphatic heterocycles. The molecule has 3 N–H and O–H groups in total. The average molecular weight is 353 g/mol. The summed E-state index contributed by atoms with van der Waals surface area (Å²) in [5.41, 5.74) is 7.22. The maximum atomic E-state index is 12.4. The molecule has 1 aliphatic rings. The van der Waals surface area contributed by atoms with E-state index in [-0.39, 0.29) is 17.2 Å². The van der Waals surface area contributed by atoms with Gasteiger partial charge in [0, 0.05) is 12.6 Å². The number of hydrogen-bond acceptors (Lipinski definition) is 5. The molecule has 0 spiro atoms. The van der Waals surface area contributed by atoms with Crippen LogP contribution in [0.2, 0.25) is 0 Å². The van der Waals surface area contributed by atoms with Gasteiger partial charge in [-0.3, -0.25) is 4.79 Å². The number of hydrogen-bond donors (Lipinski definition) is 2. The highest BCUT2D eigenvalue weighted by Crippen LogP contribution is 2.33. The minimum Gasteiger partial charge on any atom is -0.457 e. The number of thioether (sulfide) groups is 1. The lowest BCUT2D eigenvalue weighted by atomic mass is 10.1. The fraction of sp³-hybridized carbons (Fsp3) is 0.263. The molecule has 3 rings (SSSR count). The summed E-state index contributed by atoms with van der Waals surface area (Å²) in [6.45, 7) is 0.469. The molecule has 0 unspecified atom stereocenters. The van der Waals surface area contributed by atoms with E-state index in [9.17, 15) is 4.79 Å². The third kappa shape index (κ3) is 4.32. The van der Waals surface area contributed by atoms with Gasteiger partial charge in [0.2, 0.25) is 5.91 Å². The maximum Gasteiger partial charge on any atom is 0.237 e. The molecule has 128 valence electrons. The quantitative estimate of drug-likeness (QED) is 0.882. The van der Waals surface area contributed by atoms with E-state index in [1.165, 1.54) is 0 Å². The number of nitriles is 1. The summed E-state index contributed by atoms with van der Waals surface area (Å²) in [4.78, 5) is 12.4. The van der Waals surface area contributed by atoms with E-state index in [0.29, 0.717) is 23.6 Å². The molecule has 0 radical (unpaired) electrons. The van der Waals surface area contributed by atoms with Crippen molar-refractivity contribution in [1.29, 1.82) is 5.26 Å². The standard InChI is InChI=1S/C19H19N3O2S/c20-11-13-1-5-16(6-2-13)24-17-7-3-14(4-8-17)18-19(23)22-15(12-21)9-10-25-18/h1-8,15,18H,9-10,12,21H2,(H,22,23)/t15-,18+/m0/s1. The zero-order valence-electron chi connectivity index (χ0n) is 13.6. The Balaban J connectivity index is 1.69. The summed E-state index contributed by atoms with van der Waals surface area (Å²) >= 11 is 1.64. The Kier molecular flexibility index (Phi) is 5.59. The summed E-state index contributed by atoms with van der Waals surface area (Å²) in [7, 11) is 0. The lowest BCUT2D eigenvalue weighted by Crippen LogP contribution is -2.40. The summed E-state index contributed by atoms with van der Waals surface area (Å²) in [6.07, 6.45) is 0.892. The Morgan fingerprint density at radius 1 is 1.16 bits per heavy atom. The predicted molar refractivity (Wildman–Crippen MR) is 98.5 cm³/mol. The van der Waals surface area contributed by atoms with Crippen LogP contribution in [-0.4, -0.2) is 24.2 Å². The van der Waals surface area contributed by atoms with E-state index in [2.05, 4.69) is 11.4 Å². The van der Waals surface area contributed by atoms with Crippen LogP contribution in [0.3, 0.4) is 0 Å². The molecule has 1 amide bonds. The molecule has 25 heavy (non-hydrogen) atoms. The average Bonchev–Trinajstić information content (AvgIpc) is 2.84. The van der Waals surface area contributed by atoms with Crippen molar-refractivity contribution in [2.45, 2.75) is 17.7 Å². The minimum atomic E-state index is -0.222. The highest BCUT2D eigenvalue weighted by atomic mass is 32.2. The second kappa shape index (κ2) is 8.06. The van der Waals surface area contributed by atoms with Crippen molar-refractivity contribution < 1.29 is 9.53 Å². The van der Waals surface area contributed by atoms with Crippen molar-refractivity contribution in [3.8, 4) is 17.6 Å². The van der Waals surface area contributed by atoms with Crippen molar-refractivity contribution in [1.82, 2.24) is 5.32 Å². The minimum absolute atomic E-state index is 0.0127. The van der Waals surface area contributed by atoms with Crippen molar-refractivity contribution >= 4 is 17.7 Å². The van der Waals surface area contributed by atoms with E-state index in [1.54, 1.807) is 36.0 Å². The van der Waals surface area contributed by atoms with E-state index < -0.39 is 0 Å². The molecule has 2 aromatic rings. The van der Waals surface area contributed by atoms with Gasteiger partial charge in [-0.2, -0.15) is 5.26 Å². The van der Waals surface area contributed by atoms with Crippen LogP contribution in [0.1, 0.15) is 22.8 Å². The first-order valence-electron chi connectivity index (χ1n) is 8.09. The van der Waals surface area contributed by atoms with Gasteiger partial charge in [0.25, 0.3) is 0 Å². The molecule has 0 aliphatic carbocycles. The number of nitrogens with one attached hydrogen (secondary N) is 1. The van der Waals surface area contributed by atoms with Crippen molar-refractivity contribution in [2.75, 3.05) is 12.3 Å². The monoisotopic (exact) mass is 353 g/mol. The highest BCUT2D eigenvalue weighted by Gasteiger charge is 2.26. The van der Waals surface area contributed by atoms with Crippen LogP contribution in [0.15, 0.2) is 48.5 Å². The van der Waals surface area contributed by atoms with Crippen LogP contribution in [0.5, 0.6) is 11.5 Å². The van der Waals surface area contributed by atoms with E-state index in [1.807, 2.05) is 24.3 Å². The number of rotatable bonds is 4. The van der Waals surface area contributed by atoms with Gasteiger partial charge in [-0.25, -0.2) is 0 Å². The Labute approximate surface area is 151 Å². The van der Waals surface area contributed by atoms with E-state index >= 15 is 0 Å². The lowest BCUT2D eigenvalue weighted by Gasteiger charge is -2.16. The molecule has 1 fully saturated rings. The second-order valence-electron chi connectivity index (χ2n) is 5.79. The topological polar surface area (TPSA) is 88.1 Å². The number of carbonyl (C=O) groups excluding carboxylic acids is 1. The van der Waals surface area contributed by atoms with Crippen molar-refractivity contribution in [3.05, 3.63) is 59.7 Å². The van der Waals surface area contributed by atoms with Gasteiger partial charge in [0.15, 0.2) is 0 Å². The Bertz CT molecular complexity index is 769. The molecule has 1 heterocycles. The van der Waals surface area contributed by atoms with Gasteiger partial charge >= 0.3 is 0 Å². The number of benzene rings is 2. The van der Waals surface area contributed by atoms with E-state index in [0.717, 1.165) is 17.7 Å². The van der Waals surface area contributed by atoms with Gasteiger partial charge in [-0.1, -0.05) is 12.1 Å². The number of nitrogens with zero attached hydrogens (tertiary/aromatic N) is 1. The summed E-state index contributed by atoms with van der Waals surface area (Å²) in [6, 6.07) is 16.6. The first kappa shape index (κ1) is 17.3. The number of amides is 1. The molecule has 1 saturated heterocycles. The largest absolute Gasteiger partial charge is 0.457 e. The SMILES string of the molecule is N#Cc1ccc(Oc2ccc([C@H]3SCC[C@@H](CN)NC3=O)cc2)cc1. The molecule has 5 nitrogen and oxygen atoms in total. The third-order valence-corrected chi connectivity index (χ3v) is 5.31. The first-order chi connectivity index (χ1) is 12.2. The van der Waals surface area contributed by atoms with Crippen LogP contribution < -0.4 is 15.8 Å². The zero-order chi connectivity index (χ0) is 17.6. The van der Waals surface area contributed by atoms with Crippen LogP contribution in [0.4, 0.5) is 0 Å². The summed E-state index contributed by atoms with van der Waals surface area (Å²) in [5, 5.41) is 11.6. The third-order valence-electron chi connectivity index (χ3n) is 4.02. The fourth-order valence-corrected chi connectivity index (χ4v) is 3.85. The first-order valence-corrected chi connectivity index (χ1v) is 9.14. The van der Waals surface area contributed by atoms with Crippen LogP contribution in [0, 0.1) is 11.3 Å². The van der Waals surface area contributed by atoms with Crippen molar-refractivity contribution in [2.24, 2.45) is 5.73 Å². The number of carbonyl (C=O) groups is 1. The summed E-state index contributed by atoms with van der Waals surface area (Å²) < 4.78 is 5.77. The Hall–Kier alpha value is -2.49. The Morgan fingerprint density at radius 2 is 1.80 bits per heavy atom. The number of ether oxygens (including phenoxy) is 1. The van der Waals surface area contributed by atoms with Crippen LogP contribution in [0.25, 0.3) is 0 Å². The van der Waals surface area contributed by atoms with Crippen LogP contribution >= 0.6 is 11.8 Å². The van der Waals surface area contributed by atoms with Crippen molar-refractivity contribution in [3.63, 3.8) is 0 Å². The molecule has 0 bridgehead atoms. The molecule has 0 aromatic heterocycles. The fourth-order valence-electron chi connectivity index (χ4n) is 2.62. The molecule has 6 heteroatoms. The van der Waals surface area contributed by atoms with Gasteiger partial charge in [-0.15, -0.1) is 11.8 Å². The number of nitrogens with two attached hydrogens (primary N) is 1. The molecular weight excluding hydrogens is 334 g/mol. The lowest BCUT2D eigenvalue weighted by molar-refractivity contribution is -0.121. The van der Waals surface area contributed by atoms with Crippen LogP contribution in [-0.2, 0) is 4.79 Å². The molecule has 0 saturated carbocycles. The van der Waals surface area contributed by atoms with Gasteiger partial charge in [0.1, 0.15) is 16.7 Å². The smallest absolute Gasteiger partial charge is 0.237 e. The zero-order valence-corrected chi connectivity index (χ0v) is 14.5. The normalized spacial score (nSPS) is 20.2. The van der Waals surface area contributed by atoms with E-state index in [4.69, 9.17) is 15.7 Å². The predicted octanol–water partition coefficient (Wildman–Crippen LogP) is 2.97.